The molecule has 2 unspecified atom stereocenters. The van der Waals surface area contributed by atoms with Crippen LogP contribution in [0.15, 0.2) is 83.4 Å². The maximum Gasteiger partial charge on any atom is 0.416 e. The highest BCUT2D eigenvalue weighted by atomic mass is 35.5. The van der Waals surface area contributed by atoms with Crippen LogP contribution in [-0.2, 0) is 28.6 Å². The predicted octanol–water partition coefficient (Wildman–Crippen LogP) is 7.22. The van der Waals surface area contributed by atoms with Crippen LogP contribution in [0.5, 0.6) is 0 Å². The van der Waals surface area contributed by atoms with Crippen molar-refractivity contribution in [3.8, 4) is 6.07 Å². The molecule has 2 amide bonds. The van der Waals surface area contributed by atoms with Gasteiger partial charge in [0.15, 0.2) is 0 Å². The van der Waals surface area contributed by atoms with Gasteiger partial charge in [0.1, 0.15) is 16.7 Å². The summed E-state index contributed by atoms with van der Waals surface area (Å²) < 4.78 is 40.1. The van der Waals surface area contributed by atoms with Crippen molar-refractivity contribution < 1.29 is 22.8 Å². The number of alkyl halides is 3. The number of thioether (sulfide) groups is 1. The van der Waals surface area contributed by atoms with Crippen molar-refractivity contribution >= 4 is 40.9 Å². The summed E-state index contributed by atoms with van der Waals surface area (Å²) in [4.78, 5) is 28.3. The Balaban J connectivity index is 1.73. The molecule has 2 atom stereocenters. The highest BCUT2D eigenvalue weighted by molar-refractivity contribution is 8.05. The second-order valence-corrected chi connectivity index (χ2v) is 10.8. The van der Waals surface area contributed by atoms with Gasteiger partial charge in [-0.05, 0) is 66.8 Å². The lowest BCUT2D eigenvalue weighted by Crippen LogP contribution is -2.33. The van der Waals surface area contributed by atoms with Gasteiger partial charge in [0, 0.05) is 10.7 Å². The maximum atomic E-state index is 13.7. The summed E-state index contributed by atoms with van der Waals surface area (Å²) in [5.41, 5.74) is 1.30. The van der Waals surface area contributed by atoms with Gasteiger partial charge in [0.05, 0.1) is 16.9 Å². The molecule has 1 fully saturated rings. The zero-order chi connectivity index (χ0) is 29.0. The predicted molar refractivity (Wildman–Crippen MR) is 150 cm³/mol. The van der Waals surface area contributed by atoms with Crippen LogP contribution in [0.2, 0.25) is 5.02 Å². The molecule has 4 rings (SSSR count). The number of benzene rings is 3. The van der Waals surface area contributed by atoms with E-state index in [0.29, 0.717) is 5.69 Å². The number of rotatable bonds is 7. The molecular weight excluding hydrogens is 559 g/mol. The second-order valence-electron chi connectivity index (χ2n) is 9.21. The van der Waals surface area contributed by atoms with Crippen LogP contribution in [0.25, 0.3) is 0 Å². The standard InChI is InChI=1S/C30H25ClF3N3O2S/c1-3-19-9-12-23(13-10-19)37-28(39)26(16-21-15-22(30(32,33)34)11-14-25(21)31)40-29(37)24(17-35)27(38)36-18(2)20-7-5-4-6-8-20/h4-15,18,26H,3,16H2,1-2H3,(H,36,38)/b29-24-. The van der Waals surface area contributed by atoms with E-state index in [2.05, 4.69) is 5.32 Å². The maximum absolute atomic E-state index is 13.7. The van der Waals surface area contributed by atoms with Crippen LogP contribution in [-0.4, -0.2) is 17.1 Å². The van der Waals surface area contributed by atoms with Gasteiger partial charge in [-0.3, -0.25) is 14.5 Å². The van der Waals surface area contributed by atoms with Crippen LogP contribution in [0.3, 0.4) is 0 Å². The van der Waals surface area contributed by atoms with Crippen LogP contribution >= 0.6 is 23.4 Å². The lowest BCUT2D eigenvalue weighted by molar-refractivity contribution is -0.137. The summed E-state index contributed by atoms with van der Waals surface area (Å²) in [5.74, 6) is -1.13. The lowest BCUT2D eigenvalue weighted by atomic mass is 10.0. The smallest absolute Gasteiger partial charge is 0.345 e. The Morgan fingerprint density at radius 3 is 2.40 bits per heavy atom. The van der Waals surface area contributed by atoms with E-state index >= 15 is 0 Å². The first-order chi connectivity index (χ1) is 19.0. The second kappa shape index (κ2) is 12.2. The fourth-order valence-corrected chi connectivity index (χ4v) is 5.79. The Kier molecular flexibility index (Phi) is 8.92. The van der Waals surface area contributed by atoms with Gasteiger partial charge in [-0.2, -0.15) is 18.4 Å². The zero-order valence-electron chi connectivity index (χ0n) is 21.6. The van der Waals surface area contributed by atoms with Gasteiger partial charge >= 0.3 is 6.18 Å². The Bertz CT molecular complexity index is 1480. The quantitative estimate of drug-likeness (QED) is 0.235. The number of nitrogens with zero attached hydrogens (tertiary/aromatic N) is 2. The van der Waals surface area contributed by atoms with Gasteiger partial charge in [0.25, 0.3) is 5.91 Å². The number of hydrogen-bond donors (Lipinski definition) is 1. The Morgan fingerprint density at radius 2 is 1.80 bits per heavy atom. The molecule has 0 bridgehead atoms. The number of nitriles is 1. The van der Waals surface area contributed by atoms with Gasteiger partial charge < -0.3 is 5.32 Å². The van der Waals surface area contributed by atoms with E-state index in [0.717, 1.165) is 47.5 Å². The molecule has 0 aliphatic carbocycles. The highest BCUT2D eigenvalue weighted by Gasteiger charge is 2.41. The first-order valence-electron chi connectivity index (χ1n) is 12.5. The molecule has 0 spiro atoms. The minimum Gasteiger partial charge on any atom is -0.345 e. The molecule has 1 saturated heterocycles. The Labute approximate surface area is 239 Å². The molecule has 0 saturated carbocycles. The van der Waals surface area contributed by atoms with E-state index in [1.165, 1.54) is 4.90 Å². The lowest BCUT2D eigenvalue weighted by Gasteiger charge is -2.20. The highest BCUT2D eigenvalue weighted by Crippen LogP contribution is 2.43. The largest absolute Gasteiger partial charge is 0.416 e. The monoisotopic (exact) mass is 583 g/mol. The minimum absolute atomic E-state index is 0.0904. The van der Waals surface area contributed by atoms with Crippen molar-refractivity contribution in [2.75, 3.05) is 4.90 Å². The van der Waals surface area contributed by atoms with Crippen LogP contribution in [0, 0.1) is 11.3 Å². The van der Waals surface area contributed by atoms with E-state index in [4.69, 9.17) is 11.6 Å². The molecular formula is C30H25ClF3N3O2S. The van der Waals surface area contributed by atoms with Crippen LogP contribution < -0.4 is 10.2 Å². The molecule has 206 valence electrons. The molecule has 10 heteroatoms. The number of hydrogen-bond acceptors (Lipinski definition) is 4. The first-order valence-corrected chi connectivity index (χ1v) is 13.7. The summed E-state index contributed by atoms with van der Waals surface area (Å²) in [6.45, 7) is 3.76. The van der Waals surface area contributed by atoms with Gasteiger partial charge in [-0.15, -0.1) is 0 Å². The van der Waals surface area contributed by atoms with E-state index in [1.54, 1.807) is 19.1 Å². The SMILES string of the molecule is CCc1ccc(N2C(=O)C(Cc3cc(C(F)(F)F)ccc3Cl)S/C2=C(/C#N)C(=O)NC(C)c2ccccc2)cc1. The van der Waals surface area contributed by atoms with Crippen molar-refractivity contribution in [2.24, 2.45) is 0 Å². The molecule has 1 N–H and O–H groups in total. The number of nitrogens with one attached hydrogen (secondary N) is 1. The van der Waals surface area contributed by atoms with Gasteiger partial charge in [0.2, 0.25) is 5.91 Å². The van der Waals surface area contributed by atoms with Gasteiger partial charge in [-0.1, -0.05) is 72.8 Å². The average molecular weight is 584 g/mol. The summed E-state index contributed by atoms with van der Waals surface area (Å²) >= 11 is 7.19. The van der Waals surface area contributed by atoms with Crippen molar-refractivity contribution in [1.29, 1.82) is 5.26 Å². The summed E-state index contributed by atoms with van der Waals surface area (Å²) in [6.07, 6.45) is -3.93. The summed E-state index contributed by atoms with van der Waals surface area (Å²) in [5, 5.41) is 12.2. The number of aryl methyl sites for hydroxylation is 1. The molecule has 0 aromatic heterocycles. The van der Waals surface area contributed by atoms with Crippen molar-refractivity contribution in [3.63, 3.8) is 0 Å². The number of carbonyl (C=O) groups excluding carboxylic acids is 2. The Morgan fingerprint density at radius 1 is 1.12 bits per heavy atom. The molecule has 5 nitrogen and oxygen atoms in total. The summed E-state index contributed by atoms with van der Waals surface area (Å²) in [7, 11) is 0. The van der Waals surface area contributed by atoms with Crippen LogP contribution in [0.1, 0.15) is 42.1 Å². The molecule has 3 aromatic carbocycles. The fraction of sp³-hybridized carbons (Fsp3) is 0.233. The number of halogens is 4. The van der Waals surface area contributed by atoms with E-state index in [9.17, 15) is 28.0 Å². The topological polar surface area (TPSA) is 73.2 Å². The normalized spacial score (nSPS) is 17.4. The van der Waals surface area contributed by atoms with E-state index in [-0.39, 0.29) is 27.6 Å². The van der Waals surface area contributed by atoms with Crippen molar-refractivity contribution in [3.05, 3.63) is 111 Å². The fourth-order valence-electron chi connectivity index (χ4n) is 4.30. The van der Waals surface area contributed by atoms with Crippen LogP contribution in [0.4, 0.5) is 18.9 Å². The average Bonchev–Trinajstić information content (AvgIpc) is 3.25. The first kappa shape index (κ1) is 29.2. The number of amides is 2. The third-order valence-electron chi connectivity index (χ3n) is 6.53. The minimum atomic E-state index is -4.58. The third kappa shape index (κ3) is 6.35. The molecule has 0 radical (unpaired) electrons. The zero-order valence-corrected chi connectivity index (χ0v) is 23.2. The molecule has 1 aliphatic rings. The molecule has 40 heavy (non-hydrogen) atoms. The molecule has 3 aromatic rings. The van der Waals surface area contributed by atoms with Crippen molar-refractivity contribution in [2.45, 2.75) is 44.2 Å². The van der Waals surface area contributed by atoms with Gasteiger partial charge in [-0.25, -0.2) is 0 Å². The third-order valence-corrected chi connectivity index (χ3v) is 8.17. The van der Waals surface area contributed by atoms with E-state index in [1.807, 2.05) is 55.5 Å². The summed E-state index contributed by atoms with van der Waals surface area (Å²) in [6, 6.07) is 20.8. The Hall–Kier alpha value is -3.74. The molecule has 1 aliphatic heterocycles. The number of carbonyl (C=O) groups is 2. The molecule has 1 heterocycles. The van der Waals surface area contributed by atoms with E-state index < -0.39 is 34.8 Å². The van der Waals surface area contributed by atoms with Crippen molar-refractivity contribution in [1.82, 2.24) is 5.32 Å². The number of anilines is 1.